The van der Waals surface area contributed by atoms with Crippen LogP contribution in [0.4, 0.5) is 10.5 Å². The van der Waals surface area contributed by atoms with E-state index < -0.39 is 0 Å². The maximum absolute atomic E-state index is 13.4. The molecule has 3 fully saturated rings. The summed E-state index contributed by atoms with van der Waals surface area (Å²) < 4.78 is 0. The molecule has 1 unspecified atom stereocenters. The number of rotatable bonds is 3. The molecule has 5 heteroatoms. The third-order valence-electron chi connectivity index (χ3n) is 7.24. The quantitative estimate of drug-likeness (QED) is 0.747. The van der Waals surface area contributed by atoms with Crippen molar-refractivity contribution in [2.75, 3.05) is 18.4 Å². The SMILES string of the molecule is O=C(Nc1ccccc1)N1CCC(N2C(=O)C3(CCCC3)C2c2ccccc2)CC1. The highest BCUT2D eigenvalue weighted by Gasteiger charge is 2.63. The molecule has 2 aromatic carbocycles. The van der Waals surface area contributed by atoms with Gasteiger partial charge in [-0.25, -0.2) is 4.79 Å². The van der Waals surface area contributed by atoms with Gasteiger partial charge in [-0.15, -0.1) is 0 Å². The van der Waals surface area contributed by atoms with Crippen molar-refractivity contribution in [1.82, 2.24) is 9.80 Å². The van der Waals surface area contributed by atoms with E-state index in [1.54, 1.807) is 0 Å². The predicted molar refractivity (Wildman–Crippen MR) is 117 cm³/mol. The Kier molecular flexibility index (Phi) is 4.97. The standard InChI is InChI=1S/C25H29N3O2/c29-23-25(15-7-8-16-25)22(19-9-3-1-4-10-19)28(23)21-13-17-27(18-14-21)24(30)26-20-11-5-2-6-12-20/h1-6,9-12,21-22H,7-8,13-18H2,(H,26,30). The first kappa shape index (κ1) is 19.2. The van der Waals surface area contributed by atoms with E-state index in [1.165, 1.54) is 5.56 Å². The fourth-order valence-electron chi connectivity index (χ4n) is 5.75. The average molecular weight is 404 g/mol. The van der Waals surface area contributed by atoms with Crippen LogP contribution in [0.15, 0.2) is 60.7 Å². The third-order valence-corrected chi connectivity index (χ3v) is 7.24. The number of carbonyl (C=O) groups excluding carboxylic acids is 2. The Bertz CT molecular complexity index is 901. The van der Waals surface area contributed by atoms with E-state index in [0.29, 0.717) is 19.0 Å². The van der Waals surface area contributed by atoms with E-state index in [-0.39, 0.29) is 23.5 Å². The second kappa shape index (κ2) is 7.78. The van der Waals surface area contributed by atoms with Gasteiger partial charge in [-0.05, 0) is 43.4 Å². The van der Waals surface area contributed by atoms with E-state index in [1.807, 2.05) is 41.3 Å². The Hall–Kier alpha value is -2.82. The summed E-state index contributed by atoms with van der Waals surface area (Å²) in [6, 6.07) is 20.5. The van der Waals surface area contributed by atoms with Gasteiger partial charge in [0.25, 0.3) is 0 Å². The first-order chi connectivity index (χ1) is 14.7. The van der Waals surface area contributed by atoms with Crippen LogP contribution in [0, 0.1) is 5.41 Å². The lowest BCUT2D eigenvalue weighted by atomic mass is 9.65. The zero-order valence-electron chi connectivity index (χ0n) is 17.3. The van der Waals surface area contributed by atoms with Crippen molar-refractivity contribution in [3.05, 3.63) is 66.2 Å². The van der Waals surface area contributed by atoms with Gasteiger partial charge in [0, 0.05) is 24.8 Å². The van der Waals surface area contributed by atoms with Crippen molar-refractivity contribution < 1.29 is 9.59 Å². The minimum absolute atomic E-state index is 0.0542. The number of nitrogens with zero attached hydrogens (tertiary/aromatic N) is 2. The molecule has 1 saturated carbocycles. The van der Waals surface area contributed by atoms with Gasteiger partial charge in [0.15, 0.2) is 0 Å². The monoisotopic (exact) mass is 403 g/mol. The van der Waals surface area contributed by atoms with E-state index in [9.17, 15) is 9.59 Å². The zero-order valence-corrected chi connectivity index (χ0v) is 17.3. The number of benzene rings is 2. The van der Waals surface area contributed by atoms with Crippen LogP contribution in [0.25, 0.3) is 0 Å². The van der Waals surface area contributed by atoms with Crippen molar-refractivity contribution in [3.8, 4) is 0 Å². The Morgan fingerprint density at radius 1 is 0.900 bits per heavy atom. The summed E-state index contributed by atoms with van der Waals surface area (Å²) >= 11 is 0. The molecule has 0 aromatic heterocycles. The summed E-state index contributed by atoms with van der Waals surface area (Å²) in [5, 5.41) is 2.97. The summed E-state index contributed by atoms with van der Waals surface area (Å²) in [6.45, 7) is 1.36. The van der Waals surface area contributed by atoms with Crippen LogP contribution >= 0.6 is 0 Å². The molecule has 3 amide bonds. The largest absolute Gasteiger partial charge is 0.331 e. The van der Waals surface area contributed by atoms with Crippen LogP contribution in [-0.4, -0.2) is 40.9 Å². The topological polar surface area (TPSA) is 52.7 Å². The highest BCUT2D eigenvalue weighted by Crippen LogP contribution is 2.60. The van der Waals surface area contributed by atoms with Gasteiger partial charge < -0.3 is 15.1 Å². The molecule has 2 aromatic rings. The Balaban J connectivity index is 1.27. The van der Waals surface area contributed by atoms with Gasteiger partial charge in [-0.2, -0.15) is 0 Å². The molecule has 2 aliphatic heterocycles. The molecule has 1 N–H and O–H groups in total. The van der Waals surface area contributed by atoms with Crippen LogP contribution < -0.4 is 5.32 Å². The second-order valence-corrected chi connectivity index (χ2v) is 8.90. The normalized spacial score (nSPS) is 23.5. The van der Waals surface area contributed by atoms with Crippen LogP contribution in [-0.2, 0) is 4.79 Å². The fourth-order valence-corrected chi connectivity index (χ4v) is 5.75. The first-order valence-corrected chi connectivity index (χ1v) is 11.2. The zero-order chi connectivity index (χ0) is 20.6. The fraction of sp³-hybridized carbons (Fsp3) is 0.440. The Morgan fingerprint density at radius 3 is 2.13 bits per heavy atom. The van der Waals surface area contributed by atoms with Gasteiger partial charge in [0.1, 0.15) is 0 Å². The summed E-state index contributed by atoms with van der Waals surface area (Å²) in [5.74, 6) is 0.348. The second-order valence-electron chi connectivity index (χ2n) is 8.90. The van der Waals surface area contributed by atoms with Crippen molar-refractivity contribution in [2.24, 2.45) is 5.41 Å². The van der Waals surface area contributed by atoms with E-state index in [4.69, 9.17) is 0 Å². The van der Waals surface area contributed by atoms with Gasteiger partial charge in [-0.1, -0.05) is 61.4 Å². The highest BCUT2D eigenvalue weighted by molar-refractivity contribution is 5.92. The number of anilines is 1. The molecule has 2 saturated heterocycles. The lowest BCUT2D eigenvalue weighted by Gasteiger charge is -2.59. The number of urea groups is 1. The smallest absolute Gasteiger partial charge is 0.321 e. The number of amides is 3. The summed E-state index contributed by atoms with van der Waals surface area (Å²) in [4.78, 5) is 30.0. The molecule has 1 aliphatic carbocycles. The molecule has 3 aliphatic rings. The van der Waals surface area contributed by atoms with Gasteiger partial charge >= 0.3 is 6.03 Å². The van der Waals surface area contributed by atoms with E-state index in [0.717, 1.165) is 44.2 Å². The number of likely N-dealkylation sites (tertiary alicyclic amines) is 2. The molecule has 30 heavy (non-hydrogen) atoms. The van der Waals surface area contributed by atoms with Crippen LogP contribution in [0.5, 0.6) is 0 Å². The molecule has 156 valence electrons. The van der Waals surface area contributed by atoms with Gasteiger partial charge in [0.05, 0.1) is 11.5 Å². The number of nitrogens with one attached hydrogen (secondary N) is 1. The molecule has 0 radical (unpaired) electrons. The molecule has 5 nitrogen and oxygen atoms in total. The van der Waals surface area contributed by atoms with Crippen LogP contribution in [0.1, 0.15) is 50.1 Å². The Labute approximate surface area is 178 Å². The third kappa shape index (κ3) is 3.17. The predicted octanol–water partition coefficient (Wildman–Crippen LogP) is 4.83. The van der Waals surface area contributed by atoms with Gasteiger partial charge in [0.2, 0.25) is 5.91 Å². The summed E-state index contributed by atoms with van der Waals surface area (Å²) in [7, 11) is 0. The molecule has 1 spiro atoms. The van der Waals surface area contributed by atoms with Crippen molar-refractivity contribution in [2.45, 2.75) is 50.6 Å². The number of β-lactam (4-membered cyclic amide) rings is 1. The van der Waals surface area contributed by atoms with Gasteiger partial charge in [-0.3, -0.25) is 4.79 Å². The van der Waals surface area contributed by atoms with Crippen LogP contribution in [0.2, 0.25) is 0 Å². The van der Waals surface area contributed by atoms with Crippen molar-refractivity contribution >= 4 is 17.6 Å². The van der Waals surface area contributed by atoms with Crippen LogP contribution in [0.3, 0.4) is 0 Å². The van der Waals surface area contributed by atoms with Crippen molar-refractivity contribution in [3.63, 3.8) is 0 Å². The lowest BCUT2D eigenvalue weighted by molar-refractivity contribution is -0.180. The number of carbonyl (C=O) groups is 2. The molecule has 0 bridgehead atoms. The van der Waals surface area contributed by atoms with E-state index in [2.05, 4.69) is 34.5 Å². The number of para-hydroxylation sites is 1. The summed E-state index contributed by atoms with van der Waals surface area (Å²) in [5.41, 5.74) is 1.90. The average Bonchev–Trinajstić information content (AvgIpc) is 3.31. The number of hydrogen-bond donors (Lipinski definition) is 1. The molecule has 2 heterocycles. The molecule has 1 atom stereocenters. The molecular formula is C25H29N3O2. The highest BCUT2D eigenvalue weighted by atomic mass is 16.2. The summed E-state index contributed by atoms with van der Waals surface area (Å²) in [6.07, 6.45) is 6.02. The number of hydrogen-bond acceptors (Lipinski definition) is 2. The molecule has 5 rings (SSSR count). The Morgan fingerprint density at radius 2 is 1.50 bits per heavy atom. The van der Waals surface area contributed by atoms with Crippen molar-refractivity contribution in [1.29, 1.82) is 0 Å². The maximum Gasteiger partial charge on any atom is 0.321 e. The van der Waals surface area contributed by atoms with E-state index >= 15 is 0 Å². The molecular weight excluding hydrogens is 374 g/mol. The maximum atomic E-state index is 13.4. The lowest BCUT2D eigenvalue weighted by Crippen LogP contribution is -2.66. The minimum atomic E-state index is -0.177. The first-order valence-electron chi connectivity index (χ1n) is 11.2. The minimum Gasteiger partial charge on any atom is -0.331 e. The number of piperidine rings is 1.